The largest absolute Gasteiger partial charge is 0.508 e. The van der Waals surface area contributed by atoms with Gasteiger partial charge in [-0.2, -0.15) is 5.10 Å². The van der Waals surface area contributed by atoms with Gasteiger partial charge in [-0.15, -0.1) is 0 Å². The van der Waals surface area contributed by atoms with Crippen molar-refractivity contribution in [2.75, 3.05) is 6.61 Å². The number of ether oxygens (including phenoxy) is 1. The Kier molecular flexibility index (Phi) is 5.21. The predicted octanol–water partition coefficient (Wildman–Crippen LogP) is 2.28. The van der Waals surface area contributed by atoms with E-state index in [4.69, 9.17) is 16.3 Å². The smallest absolute Gasteiger partial charge is 0.277 e. The minimum atomic E-state index is -0.476. The molecule has 114 valence electrons. The van der Waals surface area contributed by atoms with E-state index in [-0.39, 0.29) is 23.7 Å². The molecule has 0 heterocycles. The number of hydrogen-bond acceptors (Lipinski definition) is 5. The van der Waals surface area contributed by atoms with E-state index >= 15 is 0 Å². The van der Waals surface area contributed by atoms with Crippen LogP contribution in [0.15, 0.2) is 47.6 Å². The summed E-state index contributed by atoms with van der Waals surface area (Å²) in [5, 5.41) is 23.0. The van der Waals surface area contributed by atoms with E-state index in [1.54, 1.807) is 24.3 Å². The first-order chi connectivity index (χ1) is 10.5. The second-order valence-electron chi connectivity index (χ2n) is 4.28. The molecular formula is C15H13ClN2O4. The molecule has 2 rings (SSSR count). The lowest BCUT2D eigenvalue weighted by Crippen LogP contribution is -2.24. The fourth-order valence-electron chi connectivity index (χ4n) is 1.56. The van der Waals surface area contributed by atoms with Crippen LogP contribution in [0, 0.1) is 0 Å². The highest BCUT2D eigenvalue weighted by molar-refractivity contribution is 6.30. The standard InChI is InChI=1S/C15H13ClN2O4/c16-11-2-1-3-13(7-11)22-9-15(21)18-17-8-10-6-12(19)4-5-14(10)20/h1-8,19-20H,9H2,(H,18,21). The Labute approximate surface area is 131 Å². The molecule has 0 bridgehead atoms. The van der Waals surface area contributed by atoms with Gasteiger partial charge in [-0.1, -0.05) is 17.7 Å². The van der Waals surface area contributed by atoms with Crippen molar-refractivity contribution in [1.82, 2.24) is 5.43 Å². The van der Waals surface area contributed by atoms with Crippen LogP contribution in [0.25, 0.3) is 0 Å². The number of phenols is 2. The zero-order valence-corrected chi connectivity index (χ0v) is 12.1. The topological polar surface area (TPSA) is 91.2 Å². The van der Waals surface area contributed by atoms with Crippen molar-refractivity contribution in [2.24, 2.45) is 5.10 Å². The van der Waals surface area contributed by atoms with E-state index in [0.717, 1.165) is 0 Å². The van der Waals surface area contributed by atoms with Crippen molar-refractivity contribution >= 4 is 23.7 Å². The van der Waals surface area contributed by atoms with Crippen LogP contribution in [0.4, 0.5) is 0 Å². The molecule has 0 aromatic heterocycles. The zero-order chi connectivity index (χ0) is 15.9. The molecule has 1 amide bonds. The molecule has 6 nitrogen and oxygen atoms in total. The lowest BCUT2D eigenvalue weighted by atomic mass is 10.2. The van der Waals surface area contributed by atoms with E-state index in [1.165, 1.54) is 24.4 Å². The SMILES string of the molecule is O=C(COc1cccc(Cl)c1)NN=Cc1cc(O)ccc1O. The number of carbonyl (C=O) groups excluding carboxylic acids is 1. The van der Waals surface area contributed by atoms with Crippen LogP contribution in [0.2, 0.25) is 5.02 Å². The van der Waals surface area contributed by atoms with Crippen LogP contribution >= 0.6 is 11.6 Å². The normalized spacial score (nSPS) is 10.6. The van der Waals surface area contributed by atoms with Crippen LogP contribution in [-0.2, 0) is 4.79 Å². The van der Waals surface area contributed by atoms with Crippen molar-refractivity contribution in [3.05, 3.63) is 53.1 Å². The highest BCUT2D eigenvalue weighted by Crippen LogP contribution is 2.20. The number of halogens is 1. The third-order valence-corrected chi connectivity index (χ3v) is 2.81. The maximum atomic E-state index is 11.5. The van der Waals surface area contributed by atoms with E-state index < -0.39 is 5.91 Å². The summed E-state index contributed by atoms with van der Waals surface area (Å²) < 4.78 is 5.23. The molecule has 0 atom stereocenters. The summed E-state index contributed by atoms with van der Waals surface area (Å²) in [5.74, 6) is -0.0889. The van der Waals surface area contributed by atoms with Crippen molar-refractivity contribution in [2.45, 2.75) is 0 Å². The lowest BCUT2D eigenvalue weighted by Gasteiger charge is -2.05. The molecule has 0 fully saturated rings. The molecule has 0 radical (unpaired) electrons. The summed E-state index contributed by atoms with van der Waals surface area (Å²) in [6, 6.07) is 10.6. The minimum Gasteiger partial charge on any atom is -0.508 e. The number of amides is 1. The highest BCUT2D eigenvalue weighted by atomic mass is 35.5. The Bertz CT molecular complexity index is 704. The summed E-state index contributed by atoms with van der Waals surface area (Å²) in [5.41, 5.74) is 2.52. The Hall–Kier alpha value is -2.73. The summed E-state index contributed by atoms with van der Waals surface area (Å²) >= 11 is 5.79. The number of nitrogens with one attached hydrogen (secondary N) is 1. The Balaban J connectivity index is 1.85. The van der Waals surface area contributed by atoms with Gasteiger partial charge < -0.3 is 14.9 Å². The lowest BCUT2D eigenvalue weighted by molar-refractivity contribution is -0.123. The molecular weight excluding hydrogens is 308 g/mol. The molecule has 0 aliphatic rings. The van der Waals surface area contributed by atoms with Crippen molar-refractivity contribution < 1.29 is 19.7 Å². The molecule has 0 saturated carbocycles. The average molecular weight is 321 g/mol. The van der Waals surface area contributed by atoms with Crippen molar-refractivity contribution in [3.8, 4) is 17.2 Å². The fourth-order valence-corrected chi connectivity index (χ4v) is 1.74. The number of rotatable bonds is 5. The van der Waals surface area contributed by atoms with E-state index in [9.17, 15) is 15.0 Å². The van der Waals surface area contributed by atoms with Gasteiger partial charge >= 0.3 is 0 Å². The summed E-state index contributed by atoms with van der Waals surface area (Å²) in [6.45, 7) is -0.232. The van der Waals surface area contributed by atoms with Crippen LogP contribution in [0.5, 0.6) is 17.2 Å². The summed E-state index contributed by atoms with van der Waals surface area (Å²) in [6.07, 6.45) is 1.21. The second kappa shape index (κ2) is 7.33. The second-order valence-corrected chi connectivity index (χ2v) is 4.72. The van der Waals surface area contributed by atoms with Crippen LogP contribution in [-0.4, -0.2) is 28.9 Å². The maximum Gasteiger partial charge on any atom is 0.277 e. The molecule has 0 spiro atoms. The van der Waals surface area contributed by atoms with E-state index in [1.807, 2.05) is 0 Å². The zero-order valence-electron chi connectivity index (χ0n) is 11.4. The minimum absolute atomic E-state index is 0.0186. The number of carbonyl (C=O) groups is 1. The van der Waals surface area contributed by atoms with Gasteiger partial charge in [-0.3, -0.25) is 4.79 Å². The molecule has 3 N–H and O–H groups in total. The van der Waals surface area contributed by atoms with Crippen molar-refractivity contribution in [3.63, 3.8) is 0 Å². The van der Waals surface area contributed by atoms with Gasteiger partial charge in [-0.25, -0.2) is 5.43 Å². The van der Waals surface area contributed by atoms with Gasteiger partial charge in [0.15, 0.2) is 6.61 Å². The molecule has 0 aliphatic carbocycles. The number of hydrazone groups is 1. The molecule has 2 aromatic carbocycles. The molecule has 2 aromatic rings. The van der Waals surface area contributed by atoms with Crippen LogP contribution in [0.1, 0.15) is 5.56 Å². The summed E-state index contributed by atoms with van der Waals surface area (Å²) in [4.78, 5) is 11.5. The van der Waals surface area contributed by atoms with Crippen molar-refractivity contribution in [1.29, 1.82) is 0 Å². The Morgan fingerprint density at radius 3 is 2.86 bits per heavy atom. The monoisotopic (exact) mass is 320 g/mol. The number of hydrogen-bond donors (Lipinski definition) is 3. The third-order valence-electron chi connectivity index (χ3n) is 2.57. The van der Waals surface area contributed by atoms with Gasteiger partial charge in [0.25, 0.3) is 5.91 Å². The van der Waals surface area contributed by atoms with Gasteiger partial charge in [0, 0.05) is 10.6 Å². The molecule has 0 saturated heterocycles. The first-order valence-corrected chi connectivity index (χ1v) is 6.64. The van der Waals surface area contributed by atoms with Gasteiger partial charge in [-0.05, 0) is 36.4 Å². The van der Waals surface area contributed by atoms with Crippen LogP contribution < -0.4 is 10.2 Å². The summed E-state index contributed by atoms with van der Waals surface area (Å²) in [7, 11) is 0. The molecule has 0 unspecified atom stereocenters. The number of phenolic OH excluding ortho intramolecular Hbond substituents is 2. The maximum absolute atomic E-state index is 11.5. The molecule has 22 heavy (non-hydrogen) atoms. The molecule has 0 aliphatic heterocycles. The Morgan fingerprint density at radius 1 is 1.27 bits per heavy atom. The van der Waals surface area contributed by atoms with Gasteiger partial charge in [0.05, 0.1) is 6.21 Å². The number of benzene rings is 2. The number of nitrogens with zero attached hydrogens (tertiary/aromatic N) is 1. The molecule has 7 heteroatoms. The third kappa shape index (κ3) is 4.68. The number of aromatic hydroxyl groups is 2. The quantitative estimate of drug-likeness (QED) is 0.448. The fraction of sp³-hybridized carbons (Fsp3) is 0.0667. The first-order valence-electron chi connectivity index (χ1n) is 6.27. The first kappa shape index (κ1) is 15.7. The van der Waals surface area contributed by atoms with Gasteiger partial charge in [0.2, 0.25) is 0 Å². The average Bonchev–Trinajstić information content (AvgIpc) is 2.49. The Morgan fingerprint density at radius 2 is 2.09 bits per heavy atom. The van der Waals surface area contributed by atoms with E-state index in [2.05, 4.69) is 10.5 Å². The predicted molar refractivity (Wildman–Crippen MR) is 82.5 cm³/mol. The van der Waals surface area contributed by atoms with Gasteiger partial charge in [0.1, 0.15) is 17.2 Å². The highest BCUT2D eigenvalue weighted by Gasteiger charge is 2.03. The van der Waals surface area contributed by atoms with Crippen LogP contribution in [0.3, 0.4) is 0 Å². The van der Waals surface area contributed by atoms with E-state index in [0.29, 0.717) is 10.8 Å².